The quantitative estimate of drug-likeness (QED) is 0.874. The number of hydrogen-bond donors (Lipinski definition) is 2. The molecule has 0 amide bonds. The van der Waals surface area contributed by atoms with Crippen LogP contribution in [0.2, 0.25) is 0 Å². The second-order valence-electron chi connectivity index (χ2n) is 6.32. The van der Waals surface area contributed by atoms with Gasteiger partial charge in [0.05, 0.1) is 0 Å². The summed E-state index contributed by atoms with van der Waals surface area (Å²) in [5.41, 5.74) is -1.98. The predicted molar refractivity (Wildman–Crippen MR) is 85.5 cm³/mol. The molecule has 0 saturated carbocycles. The van der Waals surface area contributed by atoms with Crippen LogP contribution in [-0.4, -0.2) is 26.5 Å². The molecule has 0 spiro atoms. The van der Waals surface area contributed by atoms with E-state index < -0.39 is 23.6 Å². The topological polar surface area (TPSA) is 61.8 Å². The molecule has 0 radical (unpaired) electrons. The first-order valence-electron chi connectivity index (χ1n) is 8.06. The van der Waals surface area contributed by atoms with Crippen molar-refractivity contribution in [2.75, 3.05) is 0 Å². The molecule has 0 bridgehead atoms. The van der Waals surface area contributed by atoms with Gasteiger partial charge in [-0.25, -0.2) is 4.98 Å². The lowest BCUT2D eigenvalue weighted by molar-refractivity contribution is -0.277. The van der Waals surface area contributed by atoms with E-state index in [-0.39, 0.29) is 5.56 Å². The van der Waals surface area contributed by atoms with Crippen molar-refractivity contribution in [3.63, 3.8) is 0 Å². The molecule has 25 heavy (non-hydrogen) atoms. The van der Waals surface area contributed by atoms with Gasteiger partial charge in [0.1, 0.15) is 5.82 Å². The third-order valence-corrected chi connectivity index (χ3v) is 5.03. The highest BCUT2D eigenvalue weighted by Crippen LogP contribution is 2.60. The lowest BCUT2D eigenvalue weighted by Crippen LogP contribution is -2.46. The van der Waals surface area contributed by atoms with E-state index in [1.165, 1.54) is 18.2 Å². The third kappa shape index (κ3) is 2.12. The minimum absolute atomic E-state index is 0.0961. The van der Waals surface area contributed by atoms with E-state index in [9.17, 15) is 18.3 Å². The summed E-state index contributed by atoms with van der Waals surface area (Å²) < 4.78 is 41.5. The molecule has 1 heterocycles. The Hall–Kier alpha value is -2.41. The van der Waals surface area contributed by atoms with Gasteiger partial charge in [0, 0.05) is 23.8 Å². The molecule has 0 aliphatic heterocycles. The molecule has 0 fully saturated rings. The second-order valence-corrected chi connectivity index (χ2v) is 6.32. The van der Waals surface area contributed by atoms with Gasteiger partial charge in [0.25, 0.3) is 0 Å². The maximum Gasteiger partial charge on any atom is 0.422 e. The Kier molecular flexibility index (Phi) is 3.40. The molecule has 7 heteroatoms. The lowest BCUT2D eigenvalue weighted by atomic mass is 9.76. The number of hydrogen-bond acceptors (Lipinski definition) is 3. The van der Waals surface area contributed by atoms with E-state index in [2.05, 4.69) is 15.2 Å². The summed E-state index contributed by atoms with van der Waals surface area (Å²) in [5.74, 6) is -0.751. The number of aliphatic hydroxyl groups is 1. The summed E-state index contributed by atoms with van der Waals surface area (Å²) in [7, 11) is 0. The number of allylic oxidation sites excluding steroid dienone is 3. The summed E-state index contributed by atoms with van der Waals surface area (Å²) in [6, 6.07) is 6.19. The van der Waals surface area contributed by atoms with Gasteiger partial charge in [-0.2, -0.15) is 18.3 Å². The van der Waals surface area contributed by atoms with Gasteiger partial charge in [-0.1, -0.05) is 49.4 Å². The molecule has 0 saturated heterocycles. The number of H-pyrrole nitrogens is 1. The van der Waals surface area contributed by atoms with Crippen LogP contribution in [0.5, 0.6) is 0 Å². The first kappa shape index (κ1) is 16.1. The zero-order valence-corrected chi connectivity index (χ0v) is 13.4. The molecule has 1 aromatic heterocycles. The average Bonchev–Trinajstić information content (AvgIpc) is 3.17. The summed E-state index contributed by atoms with van der Waals surface area (Å²) in [5, 5.41) is 17.7. The summed E-state index contributed by atoms with van der Waals surface area (Å²) in [6.07, 6.45) is 0.551. The van der Waals surface area contributed by atoms with E-state index in [1.54, 1.807) is 24.3 Å². The smallest absolute Gasteiger partial charge is 0.376 e. The Morgan fingerprint density at radius 2 is 2.04 bits per heavy atom. The van der Waals surface area contributed by atoms with Crippen LogP contribution in [0.15, 0.2) is 42.5 Å². The van der Waals surface area contributed by atoms with Gasteiger partial charge in [-0.05, 0) is 11.1 Å². The van der Waals surface area contributed by atoms with Crippen molar-refractivity contribution in [2.45, 2.75) is 31.0 Å². The van der Waals surface area contributed by atoms with E-state index in [0.29, 0.717) is 29.2 Å². The average molecular weight is 347 g/mol. The fraction of sp³-hybridized carbons (Fsp3) is 0.333. The van der Waals surface area contributed by atoms with Crippen molar-refractivity contribution in [1.82, 2.24) is 15.2 Å². The van der Waals surface area contributed by atoms with Crippen molar-refractivity contribution in [1.29, 1.82) is 0 Å². The number of nitrogens with one attached hydrogen (secondary N) is 1. The first-order chi connectivity index (χ1) is 11.9. The molecule has 130 valence electrons. The highest BCUT2D eigenvalue weighted by molar-refractivity contribution is 5.74. The standard InChI is InChI=1S/C18H16F3N3O/c1-2-14-22-16(24-23-14)11-7-5-9-13-15(11)10-6-3-4-8-12(10)17(13,25)18(19,20)21/h3-9,13,15,25H,2H2,1H3,(H,22,23,24). The number of aromatic amines is 1. The lowest BCUT2D eigenvalue weighted by Gasteiger charge is -2.34. The zero-order chi connectivity index (χ0) is 17.8. The molecular weight excluding hydrogens is 331 g/mol. The van der Waals surface area contributed by atoms with Crippen molar-refractivity contribution < 1.29 is 18.3 Å². The number of benzene rings is 1. The number of halogens is 3. The summed E-state index contributed by atoms with van der Waals surface area (Å²) >= 11 is 0. The van der Waals surface area contributed by atoms with Crippen LogP contribution in [0.1, 0.15) is 35.6 Å². The molecule has 2 N–H and O–H groups in total. The van der Waals surface area contributed by atoms with E-state index in [1.807, 2.05) is 6.92 Å². The number of aryl methyl sites for hydroxylation is 1. The van der Waals surface area contributed by atoms with Crippen LogP contribution in [0, 0.1) is 5.92 Å². The normalized spacial score (nSPS) is 27.8. The number of fused-ring (bicyclic) bond motifs is 3. The molecule has 2 aliphatic rings. The number of rotatable bonds is 2. The minimum Gasteiger partial charge on any atom is -0.376 e. The maximum atomic E-state index is 13.8. The van der Waals surface area contributed by atoms with E-state index >= 15 is 0 Å². The Balaban J connectivity index is 1.90. The first-order valence-corrected chi connectivity index (χ1v) is 8.06. The minimum atomic E-state index is -4.79. The van der Waals surface area contributed by atoms with Crippen LogP contribution in [-0.2, 0) is 12.0 Å². The van der Waals surface area contributed by atoms with Crippen molar-refractivity contribution >= 4 is 5.57 Å². The van der Waals surface area contributed by atoms with Gasteiger partial charge >= 0.3 is 6.18 Å². The highest BCUT2D eigenvalue weighted by atomic mass is 19.4. The number of nitrogens with zero attached hydrogens (tertiary/aromatic N) is 2. The van der Waals surface area contributed by atoms with Crippen LogP contribution < -0.4 is 0 Å². The Bertz CT molecular complexity index is 884. The Labute approximate surface area is 142 Å². The monoisotopic (exact) mass is 347 g/mol. The number of alkyl halides is 3. The van der Waals surface area contributed by atoms with Crippen molar-refractivity contribution in [3.8, 4) is 0 Å². The molecule has 1 aromatic carbocycles. The molecule has 3 unspecified atom stereocenters. The van der Waals surface area contributed by atoms with Gasteiger partial charge in [-0.3, -0.25) is 5.10 Å². The van der Waals surface area contributed by atoms with Crippen LogP contribution in [0.25, 0.3) is 5.57 Å². The molecule has 2 aromatic rings. The van der Waals surface area contributed by atoms with Crippen LogP contribution in [0.4, 0.5) is 13.2 Å². The molecule has 2 aliphatic carbocycles. The fourth-order valence-electron chi connectivity index (χ4n) is 3.86. The fourth-order valence-corrected chi connectivity index (χ4v) is 3.86. The maximum absolute atomic E-state index is 13.8. The number of aromatic nitrogens is 3. The highest BCUT2D eigenvalue weighted by Gasteiger charge is 2.66. The largest absolute Gasteiger partial charge is 0.422 e. The zero-order valence-electron chi connectivity index (χ0n) is 13.4. The second kappa shape index (κ2) is 5.29. The van der Waals surface area contributed by atoms with Crippen LogP contribution in [0.3, 0.4) is 0 Å². The molecular formula is C18H16F3N3O. The van der Waals surface area contributed by atoms with Crippen molar-refractivity contribution in [2.24, 2.45) is 5.92 Å². The van der Waals surface area contributed by atoms with Crippen LogP contribution >= 0.6 is 0 Å². The van der Waals surface area contributed by atoms with Gasteiger partial charge in [0.2, 0.25) is 0 Å². The van der Waals surface area contributed by atoms with Gasteiger partial charge in [0.15, 0.2) is 11.4 Å². The van der Waals surface area contributed by atoms with E-state index in [0.717, 1.165) is 0 Å². The predicted octanol–water partition coefficient (Wildman–Crippen LogP) is 3.48. The summed E-state index contributed by atoms with van der Waals surface area (Å²) in [6.45, 7) is 1.91. The van der Waals surface area contributed by atoms with Gasteiger partial charge < -0.3 is 5.11 Å². The Morgan fingerprint density at radius 1 is 1.28 bits per heavy atom. The molecule has 3 atom stereocenters. The Morgan fingerprint density at radius 3 is 2.72 bits per heavy atom. The van der Waals surface area contributed by atoms with Gasteiger partial charge in [-0.15, -0.1) is 0 Å². The molecule has 4 nitrogen and oxygen atoms in total. The third-order valence-electron chi connectivity index (χ3n) is 5.03. The van der Waals surface area contributed by atoms with E-state index in [4.69, 9.17) is 0 Å². The SMILES string of the molecule is CCc1nc(C2=CC=CC3C2c2ccccc2C3(O)C(F)(F)F)n[nH]1. The van der Waals surface area contributed by atoms with Crippen molar-refractivity contribution in [3.05, 3.63) is 65.3 Å². The molecule has 4 rings (SSSR count). The summed E-state index contributed by atoms with van der Waals surface area (Å²) in [4.78, 5) is 4.36.